The predicted molar refractivity (Wildman–Crippen MR) is 125 cm³/mol. The third-order valence-corrected chi connectivity index (χ3v) is 7.26. The molecule has 0 bridgehead atoms. The van der Waals surface area contributed by atoms with Gasteiger partial charge in [0.25, 0.3) is 0 Å². The van der Waals surface area contributed by atoms with Gasteiger partial charge in [0.15, 0.2) is 5.76 Å². The Hall–Kier alpha value is -2.73. The second-order valence-corrected chi connectivity index (χ2v) is 9.16. The van der Waals surface area contributed by atoms with Crippen molar-refractivity contribution < 1.29 is 19.0 Å². The van der Waals surface area contributed by atoms with Crippen molar-refractivity contribution in [2.45, 2.75) is 38.1 Å². The fraction of sp³-hybridized carbons (Fsp3) is 0.500. The van der Waals surface area contributed by atoms with Crippen LogP contribution in [0, 0.1) is 5.41 Å². The van der Waals surface area contributed by atoms with Gasteiger partial charge in [-0.2, -0.15) is 0 Å². The average Bonchev–Trinajstić information content (AvgIpc) is 3.15. The third kappa shape index (κ3) is 4.04. The van der Waals surface area contributed by atoms with E-state index in [4.69, 9.17) is 14.2 Å². The summed E-state index contributed by atoms with van der Waals surface area (Å²) in [5, 5.41) is 0. The van der Waals surface area contributed by atoms with E-state index >= 15 is 0 Å². The molecule has 0 amide bonds. The number of nitrogens with zero attached hydrogens (tertiary/aromatic N) is 2. The van der Waals surface area contributed by atoms with E-state index in [1.54, 1.807) is 14.2 Å². The number of likely N-dealkylation sites (tertiary alicyclic amines) is 1. The van der Waals surface area contributed by atoms with Crippen LogP contribution in [0.3, 0.4) is 0 Å². The number of carbonyl (C=O) groups excluding carboxylic acids is 1. The molecule has 6 heteroatoms. The van der Waals surface area contributed by atoms with E-state index in [0.29, 0.717) is 5.56 Å². The Morgan fingerprint density at radius 2 is 1.81 bits per heavy atom. The number of carbonyl (C=O) groups is 1. The van der Waals surface area contributed by atoms with Gasteiger partial charge in [0.1, 0.15) is 11.5 Å². The molecule has 4 rings (SSSR count). The van der Waals surface area contributed by atoms with Gasteiger partial charge in [0.2, 0.25) is 0 Å². The van der Waals surface area contributed by atoms with E-state index in [9.17, 15) is 4.79 Å². The molecule has 0 spiro atoms. The minimum absolute atomic E-state index is 0.0566. The lowest BCUT2D eigenvalue weighted by atomic mass is 9.65. The van der Waals surface area contributed by atoms with Crippen LogP contribution < -0.4 is 4.90 Å². The van der Waals surface area contributed by atoms with Crippen molar-refractivity contribution in [2.24, 2.45) is 5.41 Å². The third-order valence-electron chi connectivity index (χ3n) is 7.26. The van der Waals surface area contributed by atoms with Gasteiger partial charge in [0.05, 0.1) is 19.8 Å². The van der Waals surface area contributed by atoms with Crippen LogP contribution in [0.15, 0.2) is 59.3 Å². The molecule has 1 heterocycles. The quantitative estimate of drug-likeness (QED) is 0.610. The lowest BCUT2D eigenvalue weighted by Gasteiger charge is -2.42. The molecule has 1 aromatic carbocycles. The fourth-order valence-electron chi connectivity index (χ4n) is 5.37. The number of fused-ring (bicyclic) bond motifs is 1. The van der Waals surface area contributed by atoms with Gasteiger partial charge in [-0.25, -0.2) is 4.79 Å². The SMILES string of the molecule is COC1=C(OC)CCC([C@@]23CCC(OC(=O)c4ccc(N(C)C)cc4)=C[C@@H]2N(C)CC3)=C1. The van der Waals surface area contributed by atoms with Crippen molar-refractivity contribution in [1.29, 1.82) is 0 Å². The highest BCUT2D eigenvalue weighted by Crippen LogP contribution is 2.53. The normalized spacial score (nSPS) is 25.6. The topological polar surface area (TPSA) is 51.2 Å². The van der Waals surface area contributed by atoms with Crippen LogP contribution in [-0.4, -0.2) is 58.8 Å². The van der Waals surface area contributed by atoms with Crippen LogP contribution in [0.5, 0.6) is 0 Å². The number of anilines is 1. The molecule has 3 aliphatic rings. The molecule has 2 atom stereocenters. The lowest BCUT2D eigenvalue weighted by Crippen LogP contribution is -2.41. The predicted octanol–water partition coefficient (Wildman–Crippen LogP) is 4.50. The van der Waals surface area contributed by atoms with E-state index in [2.05, 4.69) is 24.1 Å². The molecule has 172 valence electrons. The first-order valence-corrected chi connectivity index (χ1v) is 11.3. The highest BCUT2D eigenvalue weighted by Gasteiger charge is 2.50. The summed E-state index contributed by atoms with van der Waals surface area (Å²) in [4.78, 5) is 17.1. The van der Waals surface area contributed by atoms with Crippen LogP contribution in [0.25, 0.3) is 0 Å². The maximum atomic E-state index is 12.8. The fourth-order valence-corrected chi connectivity index (χ4v) is 5.37. The zero-order valence-corrected chi connectivity index (χ0v) is 19.8. The summed E-state index contributed by atoms with van der Waals surface area (Å²) >= 11 is 0. The Bertz CT molecular complexity index is 961. The summed E-state index contributed by atoms with van der Waals surface area (Å²) in [6.45, 7) is 1.02. The molecule has 1 saturated heterocycles. The first-order valence-electron chi connectivity index (χ1n) is 11.3. The van der Waals surface area contributed by atoms with Crippen molar-refractivity contribution in [3.8, 4) is 0 Å². The van der Waals surface area contributed by atoms with Crippen molar-refractivity contribution in [1.82, 2.24) is 4.90 Å². The second kappa shape index (κ2) is 9.02. The number of esters is 1. The van der Waals surface area contributed by atoms with Crippen LogP contribution in [0.2, 0.25) is 0 Å². The monoisotopic (exact) mass is 438 g/mol. The molecule has 0 unspecified atom stereocenters. The zero-order valence-electron chi connectivity index (χ0n) is 19.8. The standard InChI is InChI=1S/C26H34N2O4/c1-27(2)20-9-6-18(7-10-20)25(29)32-21-12-13-26(14-15-28(3)24(26)17-21)19-8-11-22(30-4)23(16-19)31-5/h6-7,9-10,16-17,24H,8,11-15H2,1-5H3/t24-,26-/m0/s1. The Balaban J connectivity index is 1.55. The number of ether oxygens (including phenoxy) is 3. The van der Waals surface area contributed by atoms with Crippen molar-refractivity contribution in [2.75, 3.05) is 46.8 Å². The molecule has 0 saturated carbocycles. The molecule has 2 aliphatic carbocycles. The maximum Gasteiger partial charge on any atom is 0.343 e. The smallest absolute Gasteiger partial charge is 0.343 e. The van der Waals surface area contributed by atoms with E-state index in [-0.39, 0.29) is 17.4 Å². The van der Waals surface area contributed by atoms with E-state index in [1.807, 2.05) is 43.3 Å². The van der Waals surface area contributed by atoms with Crippen molar-refractivity contribution >= 4 is 11.7 Å². The summed E-state index contributed by atoms with van der Waals surface area (Å²) in [6.07, 6.45) is 9.01. The number of likely N-dealkylation sites (N-methyl/N-ethyl adjacent to an activating group) is 1. The minimum Gasteiger partial charge on any atom is -0.497 e. The molecule has 32 heavy (non-hydrogen) atoms. The van der Waals surface area contributed by atoms with Gasteiger partial charge in [-0.1, -0.05) is 5.57 Å². The highest BCUT2D eigenvalue weighted by atomic mass is 16.5. The molecule has 6 nitrogen and oxygen atoms in total. The zero-order chi connectivity index (χ0) is 22.9. The Morgan fingerprint density at radius 1 is 1.06 bits per heavy atom. The lowest BCUT2D eigenvalue weighted by molar-refractivity contribution is 0.0585. The molecular weight excluding hydrogens is 404 g/mol. The Labute approximate surface area is 191 Å². The molecule has 1 aromatic rings. The van der Waals surface area contributed by atoms with Gasteiger partial charge >= 0.3 is 5.97 Å². The molecule has 0 radical (unpaired) electrons. The first kappa shape index (κ1) is 22.5. The molecule has 0 N–H and O–H groups in total. The van der Waals surface area contributed by atoms with Crippen LogP contribution in [0.1, 0.15) is 42.5 Å². The molecule has 1 fully saturated rings. The number of allylic oxidation sites excluding steroid dienone is 3. The number of benzene rings is 1. The minimum atomic E-state index is -0.291. The number of methoxy groups -OCH3 is 2. The number of rotatable bonds is 6. The largest absolute Gasteiger partial charge is 0.497 e. The van der Waals surface area contributed by atoms with E-state index < -0.39 is 0 Å². The van der Waals surface area contributed by atoms with E-state index in [0.717, 1.165) is 61.6 Å². The van der Waals surface area contributed by atoms with Crippen LogP contribution in [0.4, 0.5) is 5.69 Å². The van der Waals surface area contributed by atoms with Gasteiger partial charge in [-0.05, 0) is 69.3 Å². The second-order valence-electron chi connectivity index (χ2n) is 9.16. The summed E-state index contributed by atoms with van der Waals surface area (Å²) < 4.78 is 17.0. The van der Waals surface area contributed by atoms with Crippen molar-refractivity contribution in [3.05, 3.63) is 64.8 Å². The highest BCUT2D eigenvalue weighted by molar-refractivity contribution is 5.90. The summed E-state index contributed by atoms with van der Waals surface area (Å²) in [5.41, 5.74) is 3.11. The summed E-state index contributed by atoms with van der Waals surface area (Å²) in [5.74, 6) is 2.23. The Kier molecular flexibility index (Phi) is 6.33. The van der Waals surface area contributed by atoms with Gasteiger partial charge in [-0.3, -0.25) is 4.90 Å². The first-order chi connectivity index (χ1) is 15.4. The summed E-state index contributed by atoms with van der Waals surface area (Å²) in [6, 6.07) is 7.74. The van der Waals surface area contributed by atoms with E-state index in [1.165, 1.54) is 5.57 Å². The molecular formula is C26H34N2O4. The Morgan fingerprint density at radius 3 is 2.47 bits per heavy atom. The maximum absolute atomic E-state index is 12.8. The van der Waals surface area contributed by atoms with Gasteiger partial charge < -0.3 is 19.1 Å². The van der Waals surface area contributed by atoms with Gasteiger partial charge in [0, 0.05) is 44.1 Å². The van der Waals surface area contributed by atoms with Crippen molar-refractivity contribution in [3.63, 3.8) is 0 Å². The average molecular weight is 439 g/mol. The number of hydrogen-bond donors (Lipinski definition) is 0. The van der Waals surface area contributed by atoms with Crippen LogP contribution >= 0.6 is 0 Å². The van der Waals surface area contributed by atoms with Crippen LogP contribution in [-0.2, 0) is 14.2 Å². The molecule has 0 aromatic heterocycles. The summed E-state index contributed by atoms with van der Waals surface area (Å²) in [7, 11) is 9.52. The molecule has 1 aliphatic heterocycles. The van der Waals surface area contributed by atoms with Gasteiger partial charge in [-0.15, -0.1) is 0 Å². The number of hydrogen-bond acceptors (Lipinski definition) is 6.